The summed E-state index contributed by atoms with van der Waals surface area (Å²) in [6.07, 6.45) is 5.17. The summed E-state index contributed by atoms with van der Waals surface area (Å²) < 4.78 is 11.7. The van der Waals surface area contributed by atoms with Gasteiger partial charge in [0, 0.05) is 38.8 Å². The Hall–Kier alpha value is -3.27. The molecule has 0 radical (unpaired) electrons. The van der Waals surface area contributed by atoms with E-state index in [9.17, 15) is 14.7 Å². The van der Waals surface area contributed by atoms with Crippen LogP contribution in [0.15, 0.2) is 42.6 Å². The number of aliphatic hydroxyl groups excluding tert-OH is 1. The predicted octanol–water partition coefficient (Wildman–Crippen LogP) is 2.26. The fraction of sp³-hybridized carbons (Fsp3) is 0.483. The largest absolute Gasteiger partial charge is 0.472 e. The van der Waals surface area contributed by atoms with Gasteiger partial charge in [0.25, 0.3) is 5.91 Å². The maximum atomic E-state index is 13.6. The molecule has 1 saturated heterocycles. The molecule has 2 amide bonds. The van der Waals surface area contributed by atoms with Gasteiger partial charge >= 0.3 is 0 Å². The quantitative estimate of drug-likeness (QED) is 0.568. The van der Waals surface area contributed by atoms with E-state index < -0.39 is 0 Å². The Morgan fingerprint density at radius 1 is 1.21 bits per heavy atom. The number of hydrogen-bond acceptors (Lipinski definition) is 7. The number of benzene rings is 1. The summed E-state index contributed by atoms with van der Waals surface area (Å²) >= 11 is 0. The first-order chi connectivity index (χ1) is 18.4. The monoisotopic (exact) mass is 522 g/mol. The van der Waals surface area contributed by atoms with Crippen LogP contribution in [0.2, 0.25) is 0 Å². The van der Waals surface area contributed by atoms with E-state index >= 15 is 0 Å². The van der Waals surface area contributed by atoms with Crippen molar-refractivity contribution in [3.05, 3.63) is 59.3 Å². The van der Waals surface area contributed by atoms with E-state index in [1.54, 1.807) is 29.1 Å². The van der Waals surface area contributed by atoms with Crippen molar-refractivity contribution < 1.29 is 24.2 Å². The third-order valence-corrected chi connectivity index (χ3v) is 7.15. The summed E-state index contributed by atoms with van der Waals surface area (Å²) in [5.74, 6) is -0.0752. The number of amides is 2. The molecule has 1 N–H and O–H groups in total. The minimum atomic E-state index is -0.382. The molecule has 2 aliphatic heterocycles. The highest BCUT2D eigenvalue weighted by Crippen LogP contribution is 2.28. The van der Waals surface area contributed by atoms with Crippen molar-refractivity contribution in [3.8, 4) is 5.88 Å². The third-order valence-electron chi connectivity index (χ3n) is 7.15. The van der Waals surface area contributed by atoms with Gasteiger partial charge in [-0.1, -0.05) is 49.4 Å². The lowest BCUT2D eigenvalue weighted by Crippen LogP contribution is -2.51. The molecule has 9 heteroatoms. The van der Waals surface area contributed by atoms with Crippen LogP contribution in [0.4, 0.5) is 0 Å². The van der Waals surface area contributed by atoms with Gasteiger partial charge in [-0.15, -0.1) is 0 Å². The van der Waals surface area contributed by atoms with Gasteiger partial charge in [0.1, 0.15) is 11.7 Å². The summed E-state index contributed by atoms with van der Waals surface area (Å²) in [7, 11) is 1.78. The molecule has 1 fully saturated rings. The number of fused-ring (bicyclic) bond motifs is 1. The number of pyridine rings is 1. The molecular formula is C29H38N4O5. The highest BCUT2D eigenvalue weighted by Gasteiger charge is 2.34. The molecule has 3 atom stereocenters. The Labute approximate surface area is 224 Å². The molecule has 38 heavy (non-hydrogen) atoms. The van der Waals surface area contributed by atoms with Gasteiger partial charge in [-0.2, -0.15) is 0 Å². The normalized spacial score (nSPS) is 21.4. The second-order valence-corrected chi connectivity index (χ2v) is 10.2. The summed E-state index contributed by atoms with van der Waals surface area (Å²) in [6.45, 7) is 7.50. The average Bonchev–Trinajstić information content (AvgIpc) is 2.94. The van der Waals surface area contributed by atoms with E-state index in [1.165, 1.54) is 0 Å². The van der Waals surface area contributed by atoms with Crippen molar-refractivity contribution in [2.75, 3.05) is 59.6 Å². The van der Waals surface area contributed by atoms with Crippen molar-refractivity contribution in [2.24, 2.45) is 5.92 Å². The van der Waals surface area contributed by atoms with E-state index in [0.717, 1.165) is 24.2 Å². The molecule has 3 heterocycles. The number of carbonyl (C=O) groups excluding carboxylic acids is 2. The molecule has 2 aliphatic rings. The van der Waals surface area contributed by atoms with Gasteiger partial charge in [0.2, 0.25) is 11.8 Å². The number of nitrogens with zero attached hydrogens (tertiary/aromatic N) is 4. The number of ether oxygens (including phenoxy) is 2. The summed E-state index contributed by atoms with van der Waals surface area (Å²) in [6, 6.07) is 11.3. The molecule has 9 nitrogen and oxygen atoms in total. The Balaban J connectivity index is 1.56. The number of carbonyl (C=O) groups is 2. The van der Waals surface area contributed by atoms with Crippen molar-refractivity contribution in [1.82, 2.24) is 19.7 Å². The number of likely N-dealkylation sites (N-methyl/N-ethyl adjacent to an activating group) is 1. The SMILES string of the molecule is C[C@H](CO)N1C[C@H](C)[C@H](CN(C)C(=O)CN2CCOCC2)Oc2ncc(/C=C/c3ccccc3)cc2C1=O. The molecule has 2 aromatic rings. The zero-order valence-electron chi connectivity index (χ0n) is 22.5. The van der Waals surface area contributed by atoms with Crippen LogP contribution in [0.3, 0.4) is 0 Å². The first kappa shape index (κ1) is 27.8. The summed E-state index contributed by atoms with van der Waals surface area (Å²) in [5.41, 5.74) is 2.15. The van der Waals surface area contributed by atoms with Gasteiger partial charge in [-0.25, -0.2) is 4.98 Å². The second-order valence-electron chi connectivity index (χ2n) is 10.2. The average molecular weight is 523 g/mol. The van der Waals surface area contributed by atoms with Gasteiger partial charge in [-0.05, 0) is 24.1 Å². The van der Waals surface area contributed by atoms with Crippen LogP contribution in [0.5, 0.6) is 5.88 Å². The maximum Gasteiger partial charge on any atom is 0.259 e. The van der Waals surface area contributed by atoms with Gasteiger partial charge in [0.15, 0.2) is 0 Å². The van der Waals surface area contributed by atoms with E-state index in [1.807, 2.05) is 56.3 Å². The number of hydrogen-bond donors (Lipinski definition) is 1. The topological polar surface area (TPSA) is 95.4 Å². The Morgan fingerprint density at radius 3 is 2.63 bits per heavy atom. The van der Waals surface area contributed by atoms with E-state index in [-0.39, 0.29) is 42.4 Å². The zero-order chi connectivity index (χ0) is 27.1. The van der Waals surface area contributed by atoms with Gasteiger partial charge < -0.3 is 24.4 Å². The lowest BCUT2D eigenvalue weighted by Gasteiger charge is -2.38. The Bertz CT molecular complexity index is 1120. The molecule has 0 unspecified atom stereocenters. The van der Waals surface area contributed by atoms with E-state index in [4.69, 9.17) is 9.47 Å². The third kappa shape index (κ3) is 6.98. The summed E-state index contributed by atoms with van der Waals surface area (Å²) in [4.78, 5) is 36.6. The minimum Gasteiger partial charge on any atom is -0.472 e. The highest BCUT2D eigenvalue weighted by molar-refractivity contribution is 5.97. The molecule has 1 aromatic heterocycles. The molecule has 0 aliphatic carbocycles. The minimum absolute atomic E-state index is 0.0102. The zero-order valence-corrected chi connectivity index (χ0v) is 22.5. The molecule has 0 spiro atoms. The van der Waals surface area contributed by atoms with Crippen molar-refractivity contribution >= 4 is 24.0 Å². The molecule has 1 aromatic carbocycles. The van der Waals surface area contributed by atoms with Crippen molar-refractivity contribution in [1.29, 1.82) is 0 Å². The number of morpholine rings is 1. The van der Waals surface area contributed by atoms with Crippen molar-refractivity contribution in [3.63, 3.8) is 0 Å². The highest BCUT2D eigenvalue weighted by atomic mass is 16.5. The maximum absolute atomic E-state index is 13.6. The smallest absolute Gasteiger partial charge is 0.259 e. The number of aromatic nitrogens is 1. The predicted molar refractivity (Wildman–Crippen MR) is 146 cm³/mol. The van der Waals surface area contributed by atoms with Gasteiger partial charge in [-0.3, -0.25) is 14.5 Å². The molecular weight excluding hydrogens is 484 g/mol. The first-order valence-corrected chi connectivity index (χ1v) is 13.2. The standard InChI is InChI=1S/C29H38N4O5/c1-21-17-33(22(2)20-34)29(36)25-15-24(10-9-23-7-5-4-6-8-23)16-30-28(25)38-26(21)18-31(3)27(35)19-32-11-13-37-14-12-32/h4-10,15-16,21-22,26,34H,11-14,17-20H2,1-3H3/b10-9+/t21-,22+,26-/m0/s1. The number of rotatable bonds is 8. The molecule has 204 valence electrons. The van der Waals surface area contributed by atoms with Crippen molar-refractivity contribution in [2.45, 2.75) is 26.0 Å². The van der Waals surface area contributed by atoms with Crippen LogP contribution in [-0.2, 0) is 9.53 Å². The van der Waals surface area contributed by atoms with Crippen LogP contribution in [0.1, 0.15) is 35.3 Å². The van der Waals surface area contributed by atoms with Crippen LogP contribution in [0, 0.1) is 5.92 Å². The van der Waals surface area contributed by atoms with Crippen LogP contribution in [0.25, 0.3) is 12.2 Å². The lowest BCUT2D eigenvalue weighted by molar-refractivity contribution is -0.133. The number of aliphatic hydroxyl groups is 1. The lowest BCUT2D eigenvalue weighted by atomic mass is 9.99. The van der Waals surface area contributed by atoms with E-state index in [0.29, 0.717) is 38.4 Å². The van der Waals surface area contributed by atoms with Crippen LogP contribution < -0.4 is 4.74 Å². The van der Waals surface area contributed by atoms with E-state index in [2.05, 4.69) is 9.88 Å². The first-order valence-electron chi connectivity index (χ1n) is 13.2. The Morgan fingerprint density at radius 2 is 1.92 bits per heavy atom. The molecule has 4 rings (SSSR count). The molecule has 0 saturated carbocycles. The Kier molecular flexibility index (Phi) is 9.49. The van der Waals surface area contributed by atoms with Gasteiger partial charge in [0.05, 0.1) is 39.0 Å². The van der Waals surface area contributed by atoms with Crippen LogP contribution >= 0.6 is 0 Å². The second kappa shape index (κ2) is 13.0. The fourth-order valence-electron chi connectivity index (χ4n) is 4.63. The summed E-state index contributed by atoms with van der Waals surface area (Å²) in [5, 5.41) is 9.89. The fourth-order valence-corrected chi connectivity index (χ4v) is 4.63. The van der Waals surface area contributed by atoms with Crippen LogP contribution in [-0.4, -0.2) is 108 Å². The molecule has 0 bridgehead atoms.